The van der Waals surface area contributed by atoms with Crippen molar-refractivity contribution in [3.8, 4) is 0 Å². The Balaban J connectivity index is 1.74. The minimum atomic E-state index is -0.297. The van der Waals surface area contributed by atoms with Crippen molar-refractivity contribution in [1.29, 1.82) is 0 Å². The molecule has 5 heteroatoms. The number of rotatable bonds is 3. The fraction of sp³-hybridized carbons (Fsp3) is 0.500. The maximum absolute atomic E-state index is 12.0. The van der Waals surface area contributed by atoms with E-state index in [1.807, 2.05) is 18.2 Å². The predicted molar refractivity (Wildman–Crippen MR) is 81.2 cm³/mol. The molecule has 0 saturated heterocycles. The van der Waals surface area contributed by atoms with Crippen molar-refractivity contribution < 1.29 is 5.11 Å². The molecule has 2 aromatic rings. The Morgan fingerprint density at radius 1 is 1.29 bits per heavy atom. The first kappa shape index (κ1) is 14.2. The summed E-state index contributed by atoms with van der Waals surface area (Å²) < 4.78 is 1.53. The molecule has 5 nitrogen and oxygen atoms in total. The Bertz CT molecular complexity index is 668. The highest BCUT2D eigenvalue weighted by Crippen LogP contribution is 2.18. The Labute approximate surface area is 123 Å². The first-order valence-electron chi connectivity index (χ1n) is 7.63. The van der Waals surface area contributed by atoms with Crippen molar-refractivity contribution in [3.63, 3.8) is 0 Å². The van der Waals surface area contributed by atoms with Crippen molar-refractivity contribution in [1.82, 2.24) is 14.7 Å². The van der Waals surface area contributed by atoms with Crippen molar-refractivity contribution in [2.24, 2.45) is 0 Å². The topological polar surface area (TPSA) is 66.6 Å². The SMILES string of the molecule is O=c1cc(CNC2CCCCCC2O)nc2ccccn12. The monoisotopic (exact) mass is 287 g/mol. The lowest BCUT2D eigenvalue weighted by molar-refractivity contribution is 0.119. The summed E-state index contributed by atoms with van der Waals surface area (Å²) in [5.74, 6) is 0. The van der Waals surface area contributed by atoms with Gasteiger partial charge >= 0.3 is 0 Å². The third-order valence-corrected chi connectivity index (χ3v) is 4.15. The fourth-order valence-electron chi connectivity index (χ4n) is 2.96. The molecular formula is C16H21N3O2. The second-order valence-corrected chi connectivity index (χ2v) is 5.71. The maximum atomic E-state index is 12.0. The Hall–Kier alpha value is -1.72. The summed E-state index contributed by atoms with van der Waals surface area (Å²) in [6.45, 7) is 0.516. The molecule has 0 aromatic carbocycles. The highest BCUT2D eigenvalue weighted by molar-refractivity contribution is 5.37. The van der Waals surface area contributed by atoms with Crippen molar-refractivity contribution in [2.45, 2.75) is 50.8 Å². The van der Waals surface area contributed by atoms with Crippen molar-refractivity contribution in [3.05, 3.63) is 46.5 Å². The summed E-state index contributed by atoms with van der Waals surface area (Å²) in [6, 6.07) is 7.17. The summed E-state index contributed by atoms with van der Waals surface area (Å²) in [7, 11) is 0. The van der Waals surface area contributed by atoms with E-state index in [0.717, 1.165) is 31.4 Å². The number of aliphatic hydroxyl groups excluding tert-OH is 1. The van der Waals surface area contributed by atoms with E-state index in [4.69, 9.17) is 0 Å². The van der Waals surface area contributed by atoms with Gasteiger partial charge in [0.2, 0.25) is 0 Å². The van der Waals surface area contributed by atoms with E-state index in [0.29, 0.717) is 12.2 Å². The largest absolute Gasteiger partial charge is 0.392 e. The van der Waals surface area contributed by atoms with Crippen molar-refractivity contribution >= 4 is 5.65 Å². The van der Waals surface area contributed by atoms with Gasteiger partial charge in [-0.25, -0.2) is 4.98 Å². The molecule has 0 amide bonds. The van der Waals surface area contributed by atoms with Crippen LogP contribution in [0, 0.1) is 0 Å². The van der Waals surface area contributed by atoms with E-state index in [1.165, 1.54) is 10.8 Å². The standard InChI is InChI=1S/C16H21N3O2/c20-14-7-3-1-2-6-13(14)17-11-12-10-16(21)19-9-5-4-8-15(19)18-12/h4-5,8-10,13-14,17,20H,1-3,6-7,11H2. The summed E-state index contributed by atoms with van der Waals surface area (Å²) in [5, 5.41) is 13.5. The summed E-state index contributed by atoms with van der Waals surface area (Å²) in [5.41, 5.74) is 1.31. The molecule has 1 fully saturated rings. The summed E-state index contributed by atoms with van der Waals surface area (Å²) in [4.78, 5) is 16.5. The quantitative estimate of drug-likeness (QED) is 0.839. The molecule has 2 atom stereocenters. The van der Waals surface area contributed by atoms with Gasteiger partial charge in [0.1, 0.15) is 5.65 Å². The number of hydrogen-bond donors (Lipinski definition) is 2. The van der Waals surface area contributed by atoms with Crippen LogP contribution in [0.1, 0.15) is 37.8 Å². The van der Waals surface area contributed by atoms with Crippen LogP contribution in [-0.4, -0.2) is 26.6 Å². The van der Waals surface area contributed by atoms with E-state index in [-0.39, 0.29) is 17.7 Å². The molecule has 2 unspecified atom stereocenters. The number of pyridine rings is 1. The molecule has 2 N–H and O–H groups in total. The lowest BCUT2D eigenvalue weighted by Gasteiger charge is -2.21. The predicted octanol–water partition coefficient (Wildman–Crippen LogP) is 1.48. The lowest BCUT2D eigenvalue weighted by atomic mass is 10.1. The third kappa shape index (κ3) is 3.31. The van der Waals surface area contributed by atoms with E-state index in [9.17, 15) is 9.90 Å². The van der Waals surface area contributed by atoms with Crippen LogP contribution in [0.3, 0.4) is 0 Å². The van der Waals surface area contributed by atoms with Crippen LogP contribution in [0.4, 0.5) is 0 Å². The second-order valence-electron chi connectivity index (χ2n) is 5.71. The molecule has 21 heavy (non-hydrogen) atoms. The molecule has 0 radical (unpaired) electrons. The Morgan fingerprint density at radius 3 is 3.05 bits per heavy atom. The van der Waals surface area contributed by atoms with E-state index < -0.39 is 0 Å². The number of aromatic nitrogens is 2. The molecule has 1 saturated carbocycles. The first-order chi connectivity index (χ1) is 10.2. The Morgan fingerprint density at radius 2 is 2.14 bits per heavy atom. The van der Waals surface area contributed by atoms with E-state index in [1.54, 1.807) is 12.3 Å². The minimum absolute atomic E-state index is 0.0705. The fourth-order valence-corrected chi connectivity index (χ4v) is 2.96. The molecule has 2 aromatic heterocycles. The van der Waals surface area contributed by atoms with Gasteiger partial charge in [-0.15, -0.1) is 0 Å². The lowest BCUT2D eigenvalue weighted by Crippen LogP contribution is -2.39. The van der Waals surface area contributed by atoms with Gasteiger partial charge in [0.05, 0.1) is 11.8 Å². The minimum Gasteiger partial charge on any atom is -0.392 e. The van der Waals surface area contributed by atoms with Crippen LogP contribution in [0.15, 0.2) is 35.3 Å². The van der Waals surface area contributed by atoms with Crippen molar-refractivity contribution in [2.75, 3.05) is 0 Å². The van der Waals surface area contributed by atoms with Gasteiger partial charge in [0.15, 0.2) is 0 Å². The van der Waals surface area contributed by atoms with E-state index >= 15 is 0 Å². The molecule has 0 bridgehead atoms. The molecule has 0 spiro atoms. The zero-order valence-electron chi connectivity index (χ0n) is 12.0. The first-order valence-corrected chi connectivity index (χ1v) is 7.63. The van der Waals surface area contributed by atoms with Crippen LogP contribution in [0.2, 0.25) is 0 Å². The zero-order chi connectivity index (χ0) is 14.7. The van der Waals surface area contributed by atoms with Gasteiger partial charge in [-0.1, -0.05) is 25.3 Å². The van der Waals surface area contributed by atoms with Gasteiger partial charge in [-0.2, -0.15) is 0 Å². The maximum Gasteiger partial charge on any atom is 0.258 e. The van der Waals surface area contributed by atoms with Gasteiger partial charge in [0, 0.05) is 24.8 Å². The molecule has 2 heterocycles. The highest BCUT2D eigenvalue weighted by Gasteiger charge is 2.21. The third-order valence-electron chi connectivity index (χ3n) is 4.15. The smallest absolute Gasteiger partial charge is 0.258 e. The molecule has 0 aliphatic heterocycles. The molecule has 112 valence electrons. The van der Waals surface area contributed by atoms with Gasteiger partial charge in [-0.3, -0.25) is 9.20 Å². The molecule has 1 aliphatic rings. The molecule has 3 rings (SSSR count). The van der Waals surface area contributed by atoms with Crippen LogP contribution in [0.5, 0.6) is 0 Å². The van der Waals surface area contributed by atoms with Crippen LogP contribution in [0.25, 0.3) is 5.65 Å². The number of nitrogens with zero attached hydrogens (tertiary/aromatic N) is 2. The molecular weight excluding hydrogens is 266 g/mol. The number of fused-ring (bicyclic) bond motifs is 1. The van der Waals surface area contributed by atoms with Crippen LogP contribution in [-0.2, 0) is 6.54 Å². The van der Waals surface area contributed by atoms with Gasteiger partial charge in [0.25, 0.3) is 5.56 Å². The normalized spacial score (nSPS) is 23.1. The zero-order valence-corrected chi connectivity index (χ0v) is 12.0. The Kier molecular flexibility index (Phi) is 4.31. The van der Waals surface area contributed by atoms with Gasteiger partial charge in [-0.05, 0) is 25.0 Å². The summed E-state index contributed by atoms with van der Waals surface area (Å²) in [6.07, 6.45) is 6.67. The summed E-state index contributed by atoms with van der Waals surface area (Å²) >= 11 is 0. The number of hydrogen-bond acceptors (Lipinski definition) is 4. The molecule has 1 aliphatic carbocycles. The van der Waals surface area contributed by atoms with E-state index in [2.05, 4.69) is 10.3 Å². The van der Waals surface area contributed by atoms with Crippen LogP contribution >= 0.6 is 0 Å². The average molecular weight is 287 g/mol. The van der Waals surface area contributed by atoms with Crippen LogP contribution < -0.4 is 10.9 Å². The van der Waals surface area contributed by atoms with Gasteiger partial charge < -0.3 is 10.4 Å². The average Bonchev–Trinajstić information content (AvgIpc) is 2.70. The number of aliphatic hydroxyl groups is 1. The highest BCUT2D eigenvalue weighted by atomic mass is 16.3. The number of nitrogens with one attached hydrogen (secondary N) is 1. The second kappa shape index (κ2) is 6.37.